The summed E-state index contributed by atoms with van der Waals surface area (Å²) in [5.41, 5.74) is 3.72. The molecule has 0 fully saturated rings. The molecule has 0 aliphatic carbocycles. The molecule has 4 rings (SSSR count). The number of hydrogen-bond acceptors (Lipinski definition) is 3. The molecule has 1 amide bonds. The van der Waals surface area contributed by atoms with Crippen LogP contribution in [0.3, 0.4) is 0 Å². The van der Waals surface area contributed by atoms with E-state index in [0.29, 0.717) is 12.1 Å². The number of non-ortho nitro benzene ring substituents is 1. The SMILES string of the molecule is CC(C)C1c2[nH]c3ccccc3c2CCN1C(=O)c1cccc([N+](=O)[O-])c1. The van der Waals surface area contributed by atoms with E-state index >= 15 is 0 Å². The first-order valence-corrected chi connectivity index (χ1v) is 9.12. The molecule has 1 aliphatic heterocycles. The third kappa shape index (κ3) is 2.87. The zero-order valence-corrected chi connectivity index (χ0v) is 15.3. The van der Waals surface area contributed by atoms with Crippen LogP contribution in [0.4, 0.5) is 5.69 Å². The number of aromatic nitrogens is 1. The van der Waals surface area contributed by atoms with Gasteiger partial charge in [0.2, 0.25) is 0 Å². The van der Waals surface area contributed by atoms with E-state index in [1.165, 1.54) is 23.1 Å². The second kappa shape index (κ2) is 6.54. The number of nitro groups is 1. The van der Waals surface area contributed by atoms with Crippen LogP contribution in [-0.2, 0) is 6.42 Å². The summed E-state index contributed by atoms with van der Waals surface area (Å²) in [7, 11) is 0. The molecule has 1 N–H and O–H groups in total. The van der Waals surface area contributed by atoms with Crippen LogP contribution in [0.2, 0.25) is 0 Å². The number of rotatable bonds is 3. The molecule has 27 heavy (non-hydrogen) atoms. The lowest BCUT2D eigenvalue weighted by atomic mass is 9.89. The largest absolute Gasteiger partial charge is 0.356 e. The van der Waals surface area contributed by atoms with Crippen molar-refractivity contribution in [1.29, 1.82) is 0 Å². The number of fused-ring (bicyclic) bond motifs is 3. The fourth-order valence-corrected chi connectivity index (χ4v) is 4.11. The summed E-state index contributed by atoms with van der Waals surface area (Å²) < 4.78 is 0. The number of benzene rings is 2. The molecule has 1 unspecified atom stereocenters. The van der Waals surface area contributed by atoms with Crippen LogP contribution in [0, 0.1) is 16.0 Å². The van der Waals surface area contributed by atoms with E-state index in [2.05, 4.69) is 31.0 Å². The maximum Gasteiger partial charge on any atom is 0.270 e. The monoisotopic (exact) mass is 363 g/mol. The van der Waals surface area contributed by atoms with Crippen molar-refractivity contribution in [2.24, 2.45) is 5.92 Å². The number of carbonyl (C=O) groups excluding carboxylic acids is 1. The molecule has 1 aliphatic rings. The Kier molecular flexibility index (Phi) is 4.18. The average Bonchev–Trinajstić information content (AvgIpc) is 3.05. The number of nitrogens with one attached hydrogen (secondary N) is 1. The Balaban J connectivity index is 1.76. The highest BCUT2D eigenvalue weighted by molar-refractivity contribution is 5.96. The quantitative estimate of drug-likeness (QED) is 0.551. The molecule has 2 aromatic carbocycles. The van der Waals surface area contributed by atoms with Crippen molar-refractivity contribution in [2.75, 3.05) is 6.54 Å². The van der Waals surface area contributed by atoms with Gasteiger partial charge in [0.1, 0.15) is 0 Å². The number of nitro benzene ring substituents is 1. The Hall–Kier alpha value is -3.15. The highest BCUT2D eigenvalue weighted by Gasteiger charge is 2.35. The fourth-order valence-electron chi connectivity index (χ4n) is 4.11. The van der Waals surface area contributed by atoms with E-state index in [1.54, 1.807) is 12.1 Å². The van der Waals surface area contributed by atoms with Crippen LogP contribution < -0.4 is 0 Å². The molecule has 1 aromatic heterocycles. The van der Waals surface area contributed by atoms with E-state index < -0.39 is 4.92 Å². The molecular formula is C21H21N3O3. The summed E-state index contributed by atoms with van der Waals surface area (Å²) in [6.45, 7) is 4.79. The van der Waals surface area contributed by atoms with Gasteiger partial charge in [0.15, 0.2) is 0 Å². The predicted octanol–water partition coefficient (Wildman–Crippen LogP) is 4.47. The molecule has 0 radical (unpaired) electrons. The minimum absolute atomic E-state index is 0.0646. The van der Waals surface area contributed by atoms with Gasteiger partial charge in [0, 0.05) is 40.8 Å². The lowest BCUT2D eigenvalue weighted by Crippen LogP contribution is -2.42. The Morgan fingerprint density at radius 1 is 1.22 bits per heavy atom. The van der Waals surface area contributed by atoms with Crippen LogP contribution in [0.15, 0.2) is 48.5 Å². The van der Waals surface area contributed by atoms with Crippen molar-refractivity contribution in [3.8, 4) is 0 Å². The Labute approximate surface area is 157 Å². The predicted molar refractivity (Wildman–Crippen MR) is 104 cm³/mol. The molecule has 6 heteroatoms. The van der Waals surface area contributed by atoms with Gasteiger partial charge in [-0.2, -0.15) is 0 Å². The van der Waals surface area contributed by atoms with Crippen LogP contribution in [0.5, 0.6) is 0 Å². The fraction of sp³-hybridized carbons (Fsp3) is 0.286. The van der Waals surface area contributed by atoms with E-state index in [1.807, 2.05) is 17.0 Å². The van der Waals surface area contributed by atoms with Crippen molar-refractivity contribution in [1.82, 2.24) is 9.88 Å². The number of amides is 1. The summed E-state index contributed by atoms with van der Waals surface area (Å²) >= 11 is 0. The summed E-state index contributed by atoms with van der Waals surface area (Å²) in [6, 6.07) is 14.1. The zero-order valence-electron chi connectivity index (χ0n) is 15.3. The van der Waals surface area contributed by atoms with Crippen molar-refractivity contribution in [2.45, 2.75) is 26.3 Å². The van der Waals surface area contributed by atoms with Crippen molar-refractivity contribution in [3.05, 3.63) is 75.5 Å². The van der Waals surface area contributed by atoms with Crippen LogP contribution >= 0.6 is 0 Å². The van der Waals surface area contributed by atoms with Gasteiger partial charge in [0.25, 0.3) is 11.6 Å². The van der Waals surface area contributed by atoms with E-state index in [0.717, 1.165) is 17.6 Å². The molecule has 3 aromatic rings. The van der Waals surface area contributed by atoms with Gasteiger partial charge in [-0.1, -0.05) is 38.1 Å². The van der Waals surface area contributed by atoms with Gasteiger partial charge in [-0.3, -0.25) is 14.9 Å². The van der Waals surface area contributed by atoms with Crippen LogP contribution in [-0.4, -0.2) is 27.3 Å². The van der Waals surface area contributed by atoms with Crippen molar-refractivity contribution in [3.63, 3.8) is 0 Å². The molecule has 2 heterocycles. The topological polar surface area (TPSA) is 79.2 Å². The number of carbonyl (C=O) groups is 1. The lowest BCUT2D eigenvalue weighted by Gasteiger charge is -2.38. The smallest absolute Gasteiger partial charge is 0.270 e. The highest BCUT2D eigenvalue weighted by Crippen LogP contribution is 2.39. The molecule has 0 bridgehead atoms. The lowest BCUT2D eigenvalue weighted by molar-refractivity contribution is -0.384. The Bertz CT molecular complexity index is 1040. The summed E-state index contributed by atoms with van der Waals surface area (Å²) in [6.07, 6.45) is 0.767. The number of para-hydroxylation sites is 1. The number of H-pyrrole nitrogens is 1. The number of nitrogens with zero attached hydrogens (tertiary/aromatic N) is 2. The van der Waals surface area contributed by atoms with Crippen molar-refractivity contribution >= 4 is 22.5 Å². The van der Waals surface area contributed by atoms with E-state index in [-0.39, 0.29) is 23.6 Å². The first-order valence-electron chi connectivity index (χ1n) is 9.12. The van der Waals surface area contributed by atoms with Crippen LogP contribution in [0.25, 0.3) is 10.9 Å². The van der Waals surface area contributed by atoms with Crippen LogP contribution in [0.1, 0.15) is 41.5 Å². The molecule has 6 nitrogen and oxygen atoms in total. The number of hydrogen-bond donors (Lipinski definition) is 1. The number of aromatic amines is 1. The Morgan fingerprint density at radius 2 is 2.00 bits per heavy atom. The summed E-state index contributed by atoms with van der Waals surface area (Å²) in [5.74, 6) is 0.0430. The first kappa shape index (κ1) is 17.3. The van der Waals surface area contributed by atoms with Gasteiger partial charge in [-0.05, 0) is 30.0 Å². The van der Waals surface area contributed by atoms with E-state index in [4.69, 9.17) is 0 Å². The second-order valence-electron chi connectivity index (χ2n) is 7.31. The van der Waals surface area contributed by atoms with Gasteiger partial charge < -0.3 is 9.88 Å². The summed E-state index contributed by atoms with van der Waals surface area (Å²) in [5, 5.41) is 12.3. The van der Waals surface area contributed by atoms with Gasteiger partial charge in [-0.15, -0.1) is 0 Å². The molecule has 0 saturated carbocycles. The zero-order chi connectivity index (χ0) is 19.1. The third-order valence-electron chi connectivity index (χ3n) is 5.28. The maximum atomic E-state index is 13.2. The average molecular weight is 363 g/mol. The Morgan fingerprint density at radius 3 is 2.74 bits per heavy atom. The molecule has 138 valence electrons. The molecular weight excluding hydrogens is 342 g/mol. The minimum Gasteiger partial charge on any atom is -0.356 e. The maximum absolute atomic E-state index is 13.2. The normalized spacial score (nSPS) is 16.6. The summed E-state index contributed by atoms with van der Waals surface area (Å²) in [4.78, 5) is 29.2. The molecule has 0 spiro atoms. The standard InChI is InChI=1S/C21H21N3O3/c1-13(2)20-19-17(16-8-3-4-9-18(16)22-19)10-11-23(20)21(25)14-6-5-7-15(12-14)24(26)27/h3-9,12-13,20,22H,10-11H2,1-2H3. The van der Waals surface area contributed by atoms with Gasteiger partial charge >= 0.3 is 0 Å². The second-order valence-corrected chi connectivity index (χ2v) is 7.31. The van der Waals surface area contributed by atoms with E-state index in [9.17, 15) is 14.9 Å². The molecule has 0 saturated heterocycles. The van der Waals surface area contributed by atoms with Gasteiger partial charge in [0.05, 0.1) is 11.0 Å². The van der Waals surface area contributed by atoms with Crippen molar-refractivity contribution < 1.29 is 9.72 Å². The first-order chi connectivity index (χ1) is 13.0. The van der Waals surface area contributed by atoms with Gasteiger partial charge in [-0.25, -0.2) is 0 Å². The minimum atomic E-state index is -0.470. The third-order valence-corrected chi connectivity index (χ3v) is 5.28. The highest BCUT2D eigenvalue weighted by atomic mass is 16.6. The molecule has 1 atom stereocenters.